The molecule has 1 aliphatic rings. The van der Waals surface area contributed by atoms with E-state index >= 15 is 0 Å². The topological polar surface area (TPSA) is 119 Å². The number of H-pyrrole nitrogens is 1. The lowest BCUT2D eigenvalue weighted by molar-refractivity contribution is -0.143. The van der Waals surface area contributed by atoms with Gasteiger partial charge in [-0.1, -0.05) is 78.9 Å². The smallest absolute Gasteiger partial charge is 0.392 e. The molecule has 1 aromatic heterocycles. The van der Waals surface area contributed by atoms with E-state index in [9.17, 15) is 40.1 Å². The van der Waals surface area contributed by atoms with E-state index in [4.69, 9.17) is 18.9 Å². The minimum Gasteiger partial charge on any atom is -0.392 e. The van der Waals surface area contributed by atoms with Crippen molar-refractivity contribution < 1.29 is 54.2 Å². The fourth-order valence-electron chi connectivity index (χ4n) is 4.70. The molecule has 1 aliphatic heterocycles. The minimum atomic E-state index is -4.87. The maximum absolute atomic E-state index is 13.7. The molecular weight excluding hydrogens is 748 g/mol. The lowest BCUT2D eigenvalue weighted by Crippen LogP contribution is -2.36. The highest BCUT2D eigenvalue weighted by Crippen LogP contribution is 2.49. The van der Waals surface area contributed by atoms with Crippen LogP contribution >= 0.6 is 7.75 Å². The summed E-state index contributed by atoms with van der Waals surface area (Å²) in [6.45, 7) is 2.31. The Morgan fingerprint density at radius 2 is 1.20 bits per heavy atom. The predicted molar refractivity (Wildman–Crippen MR) is 183 cm³/mol. The van der Waals surface area contributed by atoms with Gasteiger partial charge in [-0.15, -0.1) is 9.55 Å². The van der Waals surface area contributed by atoms with Crippen molar-refractivity contribution in [1.82, 2.24) is 19.4 Å². The molecular formula is C36H36F7N4O6P. The Balaban J connectivity index is 0.000000234. The Kier molecular flexibility index (Phi) is 15.3. The van der Waals surface area contributed by atoms with Gasteiger partial charge >= 0.3 is 25.8 Å². The Morgan fingerprint density at radius 1 is 0.741 bits per heavy atom. The number of aromatic nitrogens is 3. The van der Waals surface area contributed by atoms with Crippen molar-refractivity contribution in [2.45, 2.75) is 38.7 Å². The molecule has 0 atom stereocenters. The number of aliphatic hydroxyl groups is 1. The molecule has 2 heterocycles. The van der Waals surface area contributed by atoms with Crippen molar-refractivity contribution in [2.24, 2.45) is 0 Å². The van der Waals surface area contributed by atoms with Crippen molar-refractivity contribution in [3.63, 3.8) is 0 Å². The van der Waals surface area contributed by atoms with E-state index in [-0.39, 0.29) is 25.1 Å². The number of aromatic amines is 1. The van der Waals surface area contributed by atoms with Gasteiger partial charge in [0.1, 0.15) is 11.6 Å². The van der Waals surface area contributed by atoms with E-state index in [1.54, 1.807) is 18.2 Å². The zero-order valence-corrected chi connectivity index (χ0v) is 29.4. The van der Waals surface area contributed by atoms with Crippen LogP contribution in [0.15, 0.2) is 114 Å². The number of nitrogens with zero attached hydrogens (tertiary/aromatic N) is 3. The van der Waals surface area contributed by atoms with Crippen LogP contribution in [0.3, 0.4) is 0 Å². The quantitative estimate of drug-likeness (QED) is 0.109. The fourth-order valence-corrected chi connectivity index (χ4v) is 6.11. The summed E-state index contributed by atoms with van der Waals surface area (Å²) in [5.74, 6) is 0.223. The number of hydrogen-bond donors (Lipinski definition) is 2. The number of rotatable bonds is 10. The normalized spacial score (nSPS) is 13.7. The molecule has 0 amide bonds. The predicted octanol–water partition coefficient (Wildman–Crippen LogP) is 7.84. The zero-order valence-electron chi connectivity index (χ0n) is 28.5. The van der Waals surface area contributed by atoms with Gasteiger partial charge in [-0.05, 0) is 47.0 Å². The molecule has 6 rings (SSSR count). The van der Waals surface area contributed by atoms with Crippen molar-refractivity contribution in [1.29, 1.82) is 0 Å². The molecule has 5 aromatic rings. The van der Waals surface area contributed by atoms with Crippen LogP contribution < -0.4 is 5.69 Å². The van der Waals surface area contributed by atoms with Gasteiger partial charge in [0, 0.05) is 13.1 Å². The summed E-state index contributed by atoms with van der Waals surface area (Å²) in [5, 5.41) is 12.8. The molecule has 1 saturated heterocycles. The van der Waals surface area contributed by atoms with Crippen LogP contribution in [0.25, 0.3) is 0 Å². The molecule has 290 valence electrons. The van der Waals surface area contributed by atoms with Crippen LogP contribution in [-0.4, -0.2) is 50.8 Å². The van der Waals surface area contributed by atoms with E-state index in [1.807, 2.05) is 60.7 Å². The first-order valence-electron chi connectivity index (χ1n) is 16.2. The van der Waals surface area contributed by atoms with Gasteiger partial charge in [-0.25, -0.2) is 13.8 Å². The lowest BCUT2D eigenvalue weighted by atomic mass is 10.1. The Hall–Kier alpha value is -4.64. The SMILES string of the molecule is Fc1ccccc1.O=c1[nH]c(CN2CCOCC2)nn1P(=O)(OCc1ccccc1)OCc1ccccc1.OCc1cc(C(F)(F)F)cc(C(F)(F)F)c1. The minimum absolute atomic E-state index is 0.0131. The third-order valence-electron chi connectivity index (χ3n) is 7.39. The van der Waals surface area contributed by atoms with Gasteiger partial charge < -0.3 is 9.84 Å². The first-order valence-corrected chi connectivity index (χ1v) is 17.7. The lowest BCUT2D eigenvalue weighted by Gasteiger charge is -2.25. The summed E-state index contributed by atoms with van der Waals surface area (Å²) in [4.78, 5) is 17.4. The van der Waals surface area contributed by atoms with Crippen LogP contribution in [0.2, 0.25) is 0 Å². The Morgan fingerprint density at radius 3 is 1.61 bits per heavy atom. The first kappa shape index (κ1) is 42.1. The van der Waals surface area contributed by atoms with Crippen molar-refractivity contribution in [3.05, 3.63) is 159 Å². The molecule has 54 heavy (non-hydrogen) atoms. The third-order valence-corrected chi connectivity index (χ3v) is 9.04. The van der Waals surface area contributed by atoms with Crippen molar-refractivity contribution in [3.8, 4) is 0 Å². The average Bonchev–Trinajstić information content (AvgIpc) is 3.54. The van der Waals surface area contributed by atoms with Gasteiger partial charge in [-0.2, -0.15) is 26.3 Å². The molecule has 0 radical (unpaired) electrons. The summed E-state index contributed by atoms with van der Waals surface area (Å²) in [6, 6.07) is 27.5. The Bertz CT molecular complexity index is 1890. The molecule has 2 N–H and O–H groups in total. The van der Waals surface area contributed by atoms with Gasteiger partial charge in [0.25, 0.3) is 0 Å². The van der Waals surface area contributed by atoms with E-state index in [0.29, 0.717) is 37.7 Å². The summed E-state index contributed by atoms with van der Waals surface area (Å²) in [6.07, 6.45) is -9.74. The highest BCUT2D eigenvalue weighted by molar-refractivity contribution is 7.51. The number of morpholine rings is 1. The number of hydrogen-bond acceptors (Lipinski definition) is 8. The molecule has 1 fully saturated rings. The molecule has 0 unspecified atom stereocenters. The number of halogens is 7. The second kappa shape index (κ2) is 19.6. The van der Waals surface area contributed by atoms with Gasteiger partial charge in [0.2, 0.25) is 0 Å². The molecule has 4 aromatic carbocycles. The number of aliphatic hydroxyl groups excluding tert-OH is 1. The average molecular weight is 785 g/mol. The highest BCUT2D eigenvalue weighted by Gasteiger charge is 2.37. The summed E-state index contributed by atoms with van der Waals surface area (Å²) in [5.41, 5.74) is -2.29. The van der Waals surface area contributed by atoms with Crippen LogP contribution in [0, 0.1) is 5.82 Å². The van der Waals surface area contributed by atoms with Crippen LogP contribution in [0.1, 0.15) is 33.6 Å². The molecule has 0 aliphatic carbocycles. The molecule has 10 nitrogen and oxygen atoms in total. The first-order chi connectivity index (χ1) is 25.7. The Labute approximate surface area is 305 Å². The second-order valence-corrected chi connectivity index (χ2v) is 13.3. The second-order valence-electron chi connectivity index (χ2n) is 11.5. The number of benzene rings is 4. The van der Waals surface area contributed by atoms with E-state index in [0.717, 1.165) is 28.7 Å². The molecule has 0 saturated carbocycles. The van der Waals surface area contributed by atoms with Crippen LogP contribution in [-0.2, 0) is 57.1 Å². The number of ether oxygens (including phenoxy) is 1. The summed E-state index contributed by atoms with van der Waals surface area (Å²) in [7, 11) is -4.05. The highest BCUT2D eigenvalue weighted by atomic mass is 31.2. The van der Waals surface area contributed by atoms with Gasteiger partial charge in [0.05, 0.1) is 50.7 Å². The van der Waals surface area contributed by atoms with Crippen LogP contribution in [0.5, 0.6) is 0 Å². The standard InChI is InChI=1S/C21H25N4O5P.C9H6F6O.C6H5F/c26-21-22-20(15-24-11-13-28-14-12-24)23-25(21)31(27,29-16-18-7-3-1-4-8-18)30-17-19-9-5-2-6-10-19;10-8(11,12)6-1-5(4-16)2-7(3-6)9(13,14)15;7-6-4-2-1-3-5-6/h1-10H,11-17H2,(H,22,23,26);1-3,16H,4H2;1-5H. The summed E-state index contributed by atoms with van der Waals surface area (Å²) >= 11 is 0. The maximum Gasteiger partial charge on any atom is 0.460 e. The van der Waals surface area contributed by atoms with Crippen molar-refractivity contribution in [2.75, 3.05) is 26.3 Å². The number of nitrogens with one attached hydrogen (secondary N) is 1. The molecule has 18 heteroatoms. The third kappa shape index (κ3) is 13.3. The monoisotopic (exact) mass is 784 g/mol. The molecule has 0 spiro atoms. The van der Waals surface area contributed by atoms with Crippen LogP contribution in [0.4, 0.5) is 30.7 Å². The van der Waals surface area contributed by atoms with E-state index in [2.05, 4.69) is 15.0 Å². The fraction of sp³-hybridized carbons (Fsp3) is 0.278. The van der Waals surface area contributed by atoms with E-state index < -0.39 is 49.1 Å². The molecule has 0 bridgehead atoms. The van der Waals surface area contributed by atoms with Gasteiger partial charge in [0.15, 0.2) is 0 Å². The number of alkyl halides is 6. The zero-order chi connectivity index (χ0) is 39.2. The van der Waals surface area contributed by atoms with E-state index in [1.165, 1.54) is 12.1 Å². The maximum atomic E-state index is 13.7. The largest absolute Gasteiger partial charge is 0.460 e. The van der Waals surface area contributed by atoms with Gasteiger partial charge in [-0.3, -0.25) is 18.9 Å². The summed E-state index contributed by atoms with van der Waals surface area (Å²) < 4.78 is 116. The van der Waals surface area contributed by atoms with Crippen molar-refractivity contribution >= 4 is 7.75 Å².